The fourth-order valence-electron chi connectivity index (χ4n) is 1.90. The maximum absolute atomic E-state index is 11.2. The highest BCUT2D eigenvalue weighted by molar-refractivity contribution is 9.10. The number of halogens is 1. The lowest BCUT2D eigenvalue weighted by Gasteiger charge is -2.11. The Balaban J connectivity index is 2.61. The van der Waals surface area contributed by atoms with Crippen molar-refractivity contribution >= 4 is 21.9 Å². The summed E-state index contributed by atoms with van der Waals surface area (Å²) in [6.07, 6.45) is 0. The summed E-state index contributed by atoms with van der Waals surface area (Å²) in [4.78, 5) is 11.2. The largest absolute Gasteiger partial charge is 0.497 e. The molecule has 0 aliphatic carbocycles. The van der Waals surface area contributed by atoms with Crippen LogP contribution in [0.4, 0.5) is 0 Å². The number of carboxylic acids is 1. The Morgan fingerprint density at radius 2 is 1.85 bits per heavy atom. The fraction of sp³-hybridized carbons (Fsp3) is 0.133. The first-order valence-electron chi connectivity index (χ1n) is 5.82. The van der Waals surface area contributed by atoms with Gasteiger partial charge in [-0.05, 0) is 51.8 Å². The quantitative estimate of drug-likeness (QED) is 0.921. The molecule has 0 bridgehead atoms. The standard InChI is InChI=1S/C15H13BrO4/c1-19-10-4-6-14(20-2)11(8-10)9-3-5-13(16)12(7-9)15(17)18/h3-8H,1-2H3,(H,17,18). The van der Waals surface area contributed by atoms with E-state index < -0.39 is 5.97 Å². The van der Waals surface area contributed by atoms with E-state index in [4.69, 9.17) is 9.47 Å². The molecule has 2 aromatic rings. The molecule has 0 aliphatic heterocycles. The molecule has 104 valence electrons. The van der Waals surface area contributed by atoms with Crippen LogP contribution < -0.4 is 9.47 Å². The minimum absolute atomic E-state index is 0.201. The molecule has 0 spiro atoms. The highest BCUT2D eigenvalue weighted by Gasteiger charge is 2.13. The van der Waals surface area contributed by atoms with Crippen LogP contribution in [-0.2, 0) is 0 Å². The topological polar surface area (TPSA) is 55.8 Å². The maximum Gasteiger partial charge on any atom is 0.336 e. The Labute approximate surface area is 125 Å². The highest BCUT2D eigenvalue weighted by Crippen LogP contribution is 2.35. The number of hydrogen-bond acceptors (Lipinski definition) is 3. The molecule has 0 saturated carbocycles. The van der Waals surface area contributed by atoms with Crippen molar-refractivity contribution in [1.29, 1.82) is 0 Å². The summed E-state index contributed by atoms with van der Waals surface area (Å²) in [6, 6.07) is 10.5. The van der Waals surface area contributed by atoms with Gasteiger partial charge in [0.15, 0.2) is 0 Å². The Morgan fingerprint density at radius 1 is 1.10 bits per heavy atom. The Morgan fingerprint density at radius 3 is 2.45 bits per heavy atom. The molecule has 1 N–H and O–H groups in total. The van der Waals surface area contributed by atoms with E-state index in [0.717, 1.165) is 11.1 Å². The molecular formula is C15H13BrO4. The van der Waals surface area contributed by atoms with E-state index >= 15 is 0 Å². The molecule has 2 rings (SSSR count). The van der Waals surface area contributed by atoms with Gasteiger partial charge in [-0.1, -0.05) is 6.07 Å². The first kappa shape index (κ1) is 14.4. The normalized spacial score (nSPS) is 10.2. The number of methoxy groups -OCH3 is 2. The van der Waals surface area contributed by atoms with Crippen molar-refractivity contribution < 1.29 is 19.4 Å². The van der Waals surface area contributed by atoms with Crippen LogP contribution in [0.15, 0.2) is 40.9 Å². The smallest absolute Gasteiger partial charge is 0.336 e. The second-order valence-electron chi connectivity index (χ2n) is 4.07. The summed E-state index contributed by atoms with van der Waals surface area (Å²) in [5.74, 6) is 0.352. The predicted molar refractivity (Wildman–Crippen MR) is 79.6 cm³/mol. The average molecular weight is 337 g/mol. The summed E-state index contributed by atoms with van der Waals surface area (Å²) in [6.45, 7) is 0. The molecule has 0 atom stereocenters. The predicted octanol–water partition coefficient (Wildman–Crippen LogP) is 3.83. The molecule has 0 unspecified atom stereocenters. The monoisotopic (exact) mass is 336 g/mol. The second kappa shape index (κ2) is 5.96. The van der Waals surface area contributed by atoms with Gasteiger partial charge >= 0.3 is 5.97 Å². The first-order chi connectivity index (χ1) is 9.56. The third-order valence-electron chi connectivity index (χ3n) is 2.91. The minimum Gasteiger partial charge on any atom is -0.497 e. The van der Waals surface area contributed by atoms with Crippen LogP contribution in [0.3, 0.4) is 0 Å². The van der Waals surface area contributed by atoms with Gasteiger partial charge in [0, 0.05) is 10.0 Å². The van der Waals surface area contributed by atoms with E-state index in [1.165, 1.54) is 0 Å². The first-order valence-corrected chi connectivity index (χ1v) is 6.61. The van der Waals surface area contributed by atoms with Gasteiger partial charge in [0.05, 0.1) is 19.8 Å². The Hall–Kier alpha value is -2.01. The number of carbonyl (C=O) groups is 1. The van der Waals surface area contributed by atoms with Crippen LogP contribution >= 0.6 is 15.9 Å². The van der Waals surface area contributed by atoms with Gasteiger partial charge in [-0.2, -0.15) is 0 Å². The zero-order valence-corrected chi connectivity index (χ0v) is 12.6. The molecule has 20 heavy (non-hydrogen) atoms. The van der Waals surface area contributed by atoms with Crippen molar-refractivity contribution in [2.75, 3.05) is 14.2 Å². The summed E-state index contributed by atoms with van der Waals surface area (Å²) < 4.78 is 11.0. The minimum atomic E-state index is -0.986. The molecule has 0 heterocycles. The van der Waals surface area contributed by atoms with E-state index in [9.17, 15) is 9.90 Å². The van der Waals surface area contributed by atoms with Crippen molar-refractivity contribution in [2.45, 2.75) is 0 Å². The number of carboxylic acid groups (broad SMARTS) is 1. The molecule has 0 radical (unpaired) electrons. The molecule has 4 nitrogen and oxygen atoms in total. The van der Waals surface area contributed by atoms with E-state index in [1.54, 1.807) is 38.5 Å². The molecule has 2 aromatic carbocycles. The van der Waals surface area contributed by atoms with Crippen LogP contribution in [0.5, 0.6) is 11.5 Å². The lowest BCUT2D eigenvalue weighted by atomic mass is 10.0. The molecule has 0 aromatic heterocycles. The number of rotatable bonds is 4. The molecule has 0 amide bonds. The van der Waals surface area contributed by atoms with Crippen molar-refractivity contribution in [1.82, 2.24) is 0 Å². The van der Waals surface area contributed by atoms with Gasteiger partial charge in [0.1, 0.15) is 11.5 Å². The van der Waals surface area contributed by atoms with Crippen molar-refractivity contribution in [3.8, 4) is 22.6 Å². The fourth-order valence-corrected chi connectivity index (χ4v) is 2.31. The van der Waals surface area contributed by atoms with E-state index in [1.807, 2.05) is 12.1 Å². The summed E-state index contributed by atoms with van der Waals surface area (Å²) >= 11 is 3.23. The van der Waals surface area contributed by atoms with Crippen LogP contribution in [-0.4, -0.2) is 25.3 Å². The molecule has 0 aliphatic rings. The highest BCUT2D eigenvalue weighted by atomic mass is 79.9. The number of aromatic carboxylic acids is 1. The molecular weight excluding hydrogens is 324 g/mol. The van der Waals surface area contributed by atoms with Crippen LogP contribution in [0.2, 0.25) is 0 Å². The molecule has 0 fully saturated rings. The molecule has 0 saturated heterocycles. The zero-order chi connectivity index (χ0) is 14.7. The van der Waals surface area contributed by atoms with Crippen LogP contribution in [0.25, 0.3) is 11.1 Å². The van der Waals surface area contributed by atoms with Gasteiger partial charge in [0.25, 0.3) is 0 Å². The van der Waals surface area contributed by atoms with Crippen molar-refractivity contribution in [2.24, 2.45) is 0 Å². The van der Waals surface area contributed by atoms with E-state index in [-0.39, 0.29) is 5.56 Å². The third-order valence-corrected chi connectivity index (χ3v) is 3.61. The third kappa shape index (κ3) is 2.77. The second-order valence-corrected chi connectivity index (χ2v) is 4.92. The van der Waals surface area contributed by atoms with Gasteiger partial charge in [-0.3, -0.25) is 0 Å². The van der Waals surface area contributed by atoms with Gasteiger partial charge in [-0.25, -0.2) is 4.79 Å². The summed E-state index contributed by atoms with van der Waals surface area (Å²) in [5.41, 5.74) is 1.73. The lowest BCUT2D eigenvalue weighted by molar-refractivity contribution is 0.0696. The number of ether oxygens (including phenoxy) is 2. The van der Waals surface area contributed by atoms with Crippen LogP contribution in [0.1, 0.15) is 10.4 Å². The van der Waals surface area contributed by atoms with E-state index in [0.29, 0.717) is 16.0 Å². The molecule has 5 heteroatoms. The lowest BCUT2D eigenvalue weighted by Crippen LogP contribution is -1.98. The average Bonchev–Trinajstić information content (AvgIpc) is 2.46. The van der Waals surface area contributed by atoms with Gasteiger partial charge < -0.3 is 14.6 Å². The van der Waals surface area contributed by atoms with Crippen LogP contribution in [0, 0.1) is 0 Å². The van der Waals surface area contributed by atoms with Gasteiger partial charge in [-0.15, -0.1) is 0 Å². The number of benzene rings is 2. The number of hydrogen-bond donors (Lipinski definition) is 1. The Bertz CT molecular complexity index is 652. The summed E-state index contributed by atoms with van der Waals surface area (Å²) in [7, 11) is 3.15. The van der Waals surface area contributed by atoms with Crippen molar-refractivity contribution in [3.05, 3.63) is 46.4 Å². The SMILES string of the molecule is COc1ccc(OC)c(-c2ccc(Br)c(C(=O)O)c2)c1. The Kier molecular flexibility index (Phi) is 4.29. The maximum atomic E-state index is 11.2. The van der Waals surface area contributed by atoms with E-state index in [2.05, 4.69) is 15.9 Å². The van der Waals surface area contributed by atoms with Gasteiger partial charge in [0.2, 0.25) is 0 Å². The zero-order valence-electron chi connectivity index (χ0n) is 11.0. The summed E-state index contributed by atoms with van der Waals surface area (Å²) in [5, 5.41) is 9.18. The van der Waals surface area contributed by atoms with Crippen molar-refractivity contribution in [3.63, 3.8) is 0 Å².